The summed E-state index contributed by atoms with van der Waals surface area (Å²) in [6, 6.07) is 11.9. The van der Waals surface area contributed by atoms with Crippen LogP contribution in [0.25, 0.3) is 11.1 Å². The normalized spacial score (nSPS) is 16.1. The van der Waals surface area contributed by atoms with Crippen molar-refractivity contribution in [2.24, 2.45) is 5.92 Å². The number of carboxylic acid groups (broad SMARTS) is 1. The van der Waals surface area contributed by atoms with Gasteiger partial charge in [0.25, 0.3) is 0 Å². The third kappa shape index (κ3) is 6.97. The molecule has 2 atom stereocenters. The van der Waals surface area contributed by atoms with Gasteiger partial charge in [0.1, 0.15) is 23.1 Å². The first kappa shape index (κ1) is 28.4. The number of ether oxygens (including phenoxy) is 2. The molecule has 3 rings (SSSR count). The van der Waals surface area contributed by atoms with Crippen LogP contribution in [0, 0.1) is 5.92 Å². The second kappa shape index (κ2) is 12.4. The SMILES string of the molecule is COc1cc(OC)cc(-c2ccc(CC(NC(=O)C3(NC(=O)[C@@H](S)C(C)C)CCCC3)C(=O)O)cc2)c1. The molecule has 0 aliphatic heterocycles. The molecule has 0 bridgehead atoms. The lowest BCUT2D eigenvalue weighted by Gasteiger charge is -2.32. The summed E-state index contributed by atoms with van der Waals surface area (Å²) in [4.78, 5) is 38.1. The van der Waals surface area contributed by atoms with Crippen molar-refractivity contribution in [1.29, 1.82) is 0 Å². The maximum absolute atomic E-state index is 13.3. The van der Waals surface area contributed by atoms with Crippen molar-refractivity contribution in [2.45, 2.75) is 62.8 Å². The Hall–Kier alpha value is -3.20. The highest BCUT2D eigenvalue weighted by Gasteiger charge is 2.44. The molecule has 2 aromatic rings. The van der Waals surface area contributed by atoms with Crippen LogP contribution in [0.2, 0.25) is 0 Å². The zero-order valence-electron chi connectivity index (χ0n) is 21.7. The van der Waals surface area contributed by atoms with Crippen molar-refractivity contribution in [2.75, 3.05) is 14.2 Å². The van der Waals surface area contributed by atoms with Gasteiger partial charge in [-0.15, -0.1) is 0 Å². The van der Waals surface area contributed by atoms with E-state index in [-0.39, 0.29) is 18.2 Å². The molecule has 8 nitrogen and oxygen atoms in total. The van der Waals surface area contributed by atoms with Crippen molar-refractivity contribution < 1.29 is 29.0 Å². The maximum Gasteiger partial charge on any atom is 0.326 e. The molecule has 1 unspecified atom stereocenters. The lowest BCUT2D eigenvalue weighted by Crippen LogP contribution is -2.61. The highest BCUT2D eigenvalue weighted by atomic mass is 32.1. The zero-order chi connectivity index (χ0) is 27.2. The monoisotopic (exact) mass is 528 g/mol. The van der Waals surface area contributed by atoms with E-state index >= 15 is 0 Å². The first-order chi connectivity index (χ1) is 17.6. The molecule has 0 heterocycles. The van der Waals surface area contributed by atoms with Gasteiger partial charge in [-0.2, -0.15) is 12.6 Å². The first-order valence-corrected chi connectivity index (χ1v) is 13.0. The molecule has 2 amide bonds. The Kier molecular flexibility index (Phi) is 9.48. The van der Waals surface area contributed by atoms with Crippen LogP contribution in [-0.2, 0) is 20.8 Å². The number of hydrogen-bond donors (Lipinski definition) is 4. The number of thiol groups is 1. The van der Waals surface area contributed by atoms with Crippen LogP contribution in [0.3, 0.4) is 0 Å². The van der Waals surface area contributed by atoms with Crippen LogP contribution < -0.4 is 20.1 Å². The average Bonchev–Trinajstić information content (AvgIpc) is 3.37. The van der Waals surface area contributed by atoms with Crippen LogP contribution in [0.1, 0.15) is 45.1 Å². The second-order valence-corrected chi connectivity index (χ2v) is 10.4. The van der Waals surface area contributed by atoms with Gasteiger partial charge in [0.2, 0.25) is 11.8 Å². The fraction of sp³-hybridized carbons (Fsp3) is 0.464. The topological polar surface area (TPSA) is 114 Å². The van der Waals surface area contributed by atoms with Crippen molar-refractivity contribution >= 4 is 30.4 Å². The summed E-state index contributed by atoms with van der Waals surface area (Å²) in [6.45, 7) is 3.77. The van der Waals surface area contributed by atoms with E-state index in [1.807, 2.05) is 50.2 Å². The van der Waals surface area contributed by atoms with Crippen molar-refractivity contribution in [3.63, 3.8) is 0 Å². The largest absolute Gasteiger partial charge is 0.497 e. The molecule has 0 spiro atoms. The molecule has 9 heteroatoms. The number of methoxy groups -OCH3 is 2. The lowest BCUT2D eigenvalue weighted by molar-refractivity contribution is -0.143. The number of carbonyl (C=O) groups excluding carboxylic acids is 2. The van der Waals surface area contributed by atoms with E-state index in [2.05, 4.69) is 23.3 Å². The Morgan fingerprint density at radius 3 is 2.03 bits per heavy atom. The van der Waals surface area contributed by atoms with E-state index in [0.717, 1.165) is 29.5 Å². The molecule has 0 radical (unpaired) electrons. The molecular weight excluding hydrogens is 492 g/mol. The van der Waals surface area contributed by atoms with Gasteiger partial charge in [-0.05, 0) is 47.6 Å². The van der Waals surface area contributed by atoms with E-state index in [1.165, 1.54) is 0 Å². The van der Waals surface area contributed by atoms with Gasteiger partial charge in [0, 0.05) is 12.5 Å². The molecule has 1 aliphatic carbocycles. The Balaban J connectivity index is 1.74. The Morgan fingerprint density at radius 1 is 0.973 bits per heavy atom. The minimum atomic E-state index is -1.14. The molecule has 200 valence electrons. The van der Waals surface area contributed by atoms with Crippen LogP contribution in [0.4, 0.5) is 0 Å². The molecule has 1 saturated carbocycles. The van der Waals surface area contributed by atoms with E-state index in [0.29, 0.717) is 24.3 Å². The number of rotatable bonds is 11. The molecular formula is C28H36N2O6S. The van der Waals surface area contributed by atoms with Crippen LogP contribution in [0.15, 0.2) is 42.5 Å². The summed E-state index contributed by atoms with van der Waals surface area (Å²) in [5, 5.41) is 14.9. The molecule has 0 saturated heterocycles. The van der Waals surface area contributed by atoms with Crippen LogP contribution in [0.5, 0.6) is 11.5 Å². The molecule has 1 fully saturated rings. The Bertz CT molecular complexity index is 1090. The van der Waals surface area contributed by atoms with Gasteiger partial charge in [-0.25, -0.2) is 4.79 Å². The Morgan fingerprint density at radius 2 is 1.54 bits per heavy atom. The summed E-state index contributed by atoms with van der Waals surface area (Å²) >= 11 is 4.37. The third-order valence-electron chi connectivity index (χ3n) is 6.84. The van der Waals surface area contributed by atoms with Gasteiger partial charge in [0.15, 0.2) is 0 Å². The summed E-state index contributed by atoms with van der Waals surface area (Å²) in [5.41, 5.74) is 1.45. The number of carbonyl (C=O) groups is 3. The minimum Gasteiger partial charge on any atom is -0.497 e. The highest BCUT2D eigenvalue weighted by Crippen LogP contribution is 2.32. The van der Waals surface area contributed by atoms with Gasteiger partial charge >= 0.3 is 5.97 Å². The van der Waals surface area contributed by atoms with Crippen LogP contribution in [-0.4, -0.2) is 53.9 Å². The number of amides is 2. The van der Waals surface area contributed by atoms with Crippen molar-refractivity contribution in [1.82, 2.24) is 10.6 Å². The second-order valence-electron chi connectivity index (χ2n) is 9.83. The van der Waals surface area contributed by atoms with Gasteiger partial charge in [-0.3, -0.25) is 9.59 Å². The van der Waals surface area contributed by atoms with Gasteiger partial charge in [-0.1, -0.05) is 51.0 Å². The number of benzene rings is 2. The minimum absolute atomic E-state index is 0.00218. The van der Waals surface area contributed by atoms with E-state index < -0.39 is 28.7 Å². The third-order valence-corrected chi connectivity index (χ3v) is 7.67. The lowest BCUT2D eigenvalue weighted by atomic mass is 9.94. The number of aliphatic carboxylic acids is 1. The fourth-order valence-electron chi connectivity index (χ4n) is 4.54. The predicted molar refractivity (Wildman–Crippen MR) is 145 cm³/mol. The highest BCUT2D eigenvalue weighted by molar-refractivity contribution is 7.81. The van der Waals surface area contributed by atoms with Crippen molar-refractivity contribution in [3.05, 3.63) is 48.0 Å². The predicted octanol–water partition coefficient (Wildman–Crippen LogP) is 3.87. The van der Waals surface area contributed by atoms with E-state index in [4.69, 9.17) is 9.47 Å². The molecule has 37 heavy (non-hydrogen) atoms. The summed E-state index contributed by atoms with van der Waals surface area (Å²) in [7, 11) is 3.18. The number of hydrogen-bond acceptors (Lipinski definition) is 6. The van der Waals surface area contributed by atoms with E-state index in [9.17, 15) is 19.5 Å². The average molecular weight is 529 g/mol. The molecule has 0 aromatic heterocycles. The Labute approximate surface area is 223 Å². The standard InChI is InChI=1S/C28H36N2O6S/c1-17(2)24(37)25(31)30-28(11-5-6-12-28)27(34)29-23(26(32)33)13-18-7-9-19(10-8-18)20-14-21(35-3)16-22(15-20)36-4/h7-10,14-17,23-24,37H,5-6,11-13H2,1-4H3,(H,29,34)(H,30,31)(H,32,33)/t23?,24-/m0/s1. The van der Waals surface area contributed by atoms with Crippen LogP contribution >= 0.6 is 12.6 Å². The summed E-state index contributed by atoms with van der Waals surface area (Å²) < 4.78 is 10.7. The van der Waals surface area contributed by atoms with E-state index in [1.54, 1.807) is 20.3 Å². The smallest absolute Gasteiger partial charge is 0.326 e. The maximum atomic E-state index is 13.3. The summed E-state index contributed by atoms with van der Waals surface area (Å²) in [6.07, 6.45) is 2.60. The molecule has 2 aromatic carbocycles. The first-order valence-electron chi connectivity index (χ1n) is 12.4. The van der Waals surface area contributed by atoms with Crippen molar-refractivity contribution in [3.8, 4) is 22.6 Å². The number of nitrogens with one attached hydrogen (secondary N) is 2. The molecule has 3 N–H and O–H groups in total. The summed E-state index contributed by atoms with van der Waals surface area (Å²) in [5.74, 6) is -0.584. The zero-order valence-corrected chi connectivity index (χ0v) is 22.6. The van der Waals surface area contributed by atoms with Gasteiger partial charge < -0.3 is 25.2 Å². The van der Waals surface area contributed by atoms with Gasteiger partial charge in [0.05, 0.1) is 19.5 Å². The quantitative estimate of drug-likeness (QED) is 0.329. The molecule has 1 aliphatic rings. The number of carboxylic acids is 1. The fourth-order valence-corrected chi connectivity index (χ4v) is 4.60.